The van der Waals surface area contributed by atoms with Gasteiger partial charge in [-0.15, -0.1) is 0 Å². The maximum Gasteiger partial charge on any atom is 0.156 e. The number of nitrogens with zero attached hydrogens (tertiary/aromatic N) is 1. The predicted molar refractivity (Wildman–Crippen MR) is 66.5 cm³/mol. The molecule has 0 aliphatic heterocycles. The molecule has 3 nitrogen and oxygen atoms in total. The number of aliphatic hydroxyl groups is 1. The lowest BCUT2D eigenvalue weighted by Gasteiger charge is -2.16. The third kappa shape index (κ3) is 4.18. The molecule has 0 saturated carbocycles. The van der Waals surface area contributed by atoms with Gasteiger partial charge in [0.15, 0.2) is 5.75 Å². The van der Waals surface area contributed by atoms with Crippen molar-refractivity contribution in [3.63, 3.8) is 0 Å². The van der Waals surface area contributed by atoms with Gasteiger partial charge in [-0.05, 0) is 19.2 Å². The number of halogens is 2. The van der Waals surface area contributed by atoms with Crippen molar-refractivity contribution in [2.24, 2.45) is 0 Å². The van der Waals surface area contributed by atoms with E-state index in [1.54, 1.807) is 18.2 Å². The Hall–Kier alpha value is -0.480. The summed E-state index contributed by atoms with van der Waals surface area (Å²) in [6.45, 7) is 1.96. The number of aliphatic hydroxyl groups excluding tert-OH is 1. The summed E-state index contributed by atoms with van der Waals surface area (Å²) >= 11 is 11.9. The van der Waals surface area contributed by atoms with Crippen molar-refractivity contribution in [3.8, 4) is 5.75 Å². The summed E-state index contributed by atoms with van der Waals surface area (Å²) in [4.78, 5) is 1.96. The van der Waals surface area contributed by atoms with Gasteiger partial charge in [-0.2, -0.15) is 0 Å². The van der Waals surface area contributed by atoms with E-state index in [0.717, 1.165) is 0 Å². The molecule has 0 radical (unpaired) electrons. The molecule has 1 rings (SSSR count). The lowest BCUT2D eigenvalue weighted by atomic mass is 10.3. The zero-order chi connectivity index (χ0) is 12.0. The normalized spacial score (nSPS) is 10.8. The minimum atomic E-state index is 0.142. The fraction of sp³-hybridized carbons (Fsp3) is 0.455. The summed E-state index contributed by atoms with van der Waals surface area (Å²) in [5.41, 5.74) is 0. The van der Waals surface area contributed by atoms with Crippen molar-refractivity contribution in [1.29, 1.82) is 0 Å². The minimum Gasteiger partial charge on any atom is -0.489 e. The Bertz CT molecular complexity index is 314. The van der Waals surface area contributed by atoms with Crippen LogP contribution in [0.1, 0.15) is 0 Å². The van der Waals surface area contributed by atoms with Crippen LogP contribution in [-0.2, 0) is 0 Å². The minimum absolute atomic E-state index is 0.142. The highest BCUT2D eigenvalue weighted by Crippen LogP contribution is 2.32. The number of ether oxygens (including phenoxy) is 1. The second kappa shape index (κ2) is 6.97. The number of rotatable bonds is 6. The average molecular weight is 264 g/mol. The van der Waals surface area contributed by atoms with E-state index in [-0.39, 0.29) is 6.61 Å². The topological polar surface area (TPSA) is 32.7 Å². The molecular formula is C11H15Cl2NO2. The van der Waals surface area contributed by atoms with Gasteiger partial charge in [-0.1, -0.05) is 29.3 Å². The summed E-state index contributed by atoms with van der Waals surface area (Å²) in [5, 5.41) is 9.74. The van der Waals surface area contributed by atoms with Gasteiger partial charge in [-0.25, -0.2) is 0 Å². The van der Waals surface area contributed by atoms with Crippen molar-refractivity contribution in [2.75, 3.05) is 33.4 Å². The zero-order valence-electron chi connectivity index (χ0n) is 9.12. The van der Waals surface area contributed by atoms with Gasteiger partial charge in [0.05, 0.1) is 16.7 Å². The largest absolute Gasteiger partial charge is 0.489 e. The van der Waals surface area contributed by atoms with Gasteiger partial charge in [0.25, 0.3) is 0 Å². The van der Waals surface area contributed by atoms with Gasteiger partial charge in [0.2, 0.25) is 0 Å². The first-order chi connectivity index (χ1) is 7.65. The van der Waals surface area contributed by atoms with Crippen LogP contribution in [0.25, 0.3) is 0 Å². The monoisotopic (exact) mass is 263 g/mol. The van der Waals surface area contributed by atoms with E-state index < -0.39 is 0 Å². The number of hydrogen-bond donors (Lipinski definition) is 1. The van der Waals surface area contributed by atoms with Gasteiger partial charge >= 0.3 is 0 Å². The van der Waals surface area contributed by atoms with Crippen LogP contribution >= 0.6 is 23.2 Å². The molecule has 0 fully saturated rings. The Labute approximate surface area is 106 Å². The van der Waals surface area contributed by atoms with Crippen LogP contribution < -0.4 is 4.74 Å². The fourth-order valence-corrected chi connectivity index (χ4v) is 1.71. The molecule has 0 spiro atoms. The number of hydrogen-bond acceptors (Lipinski definition) is 3. The van der Waals surface area contributed by atoms with Crippen LogP contribution in [0.4, 0.5) is 0 Å². The zero-order valence-corrected chi connectivity index (χ0v) is 10.6. The van der Waals surface area contributed by atoms with E-state index >= 15 is 0 Å². The quantitative estimate of drug-likeness (QED) is 0.855. The van der Waals surface area contributed by atoms with Gasteiger partial charge in [-0.3, -0.25) is 0 Å². The van der Waals surface area contributed by atoms with E-state index in [2.05, 4.69) is 0 Å². The van der Waals surface area contributed by atoms with Gasteiger partial charge in [0, 0.05) is 13.1 Å². The van der Waals surface area contributed by atoms with Crippen molar-refractivity contribution in [2.45, 2.75) is 0 Å². The number of benzene rings is 1. The summed E-state index contributed by atoms with van der Waals surface area (Å²) < 4.78 is 5.50. The lowest BCUT2D eigenvalue weighted by molar-refractivity contribution is 0.192. The molecule has 0 bridgehead atoms. The first-order valence-corrected chi connectivity index (χ1v) is 5.77. The maximum atomic E-state index is 8.72. The molecule has 90 valence electrons. The molecule has 1 N–H and O–H groups in total. The van der Waals surface area contributed by atoms with Gasteiger partial charge in [0.1, 0.15) is 6.61 Å². The van der Waals surface area contributed by atoms with Crippen molar-refractivity contribution >= 4 is 23.2 Å². The van der Waals surface area contributed by atoms with E-state index in [1.807, 2.05) is 11.9 Å². The van der Waals surface area contributed by atoms with Crippen molar-refractivity contribution in [3.05, 3.63) is 28.2 Å². The Kier molecular flexibility index (Phi) is 5.91. The summed E-state index contributed by atoms with van der Waals surface area (Å²) in [5.74, 6) is 0.517. The van der Waals surface area contributed by atoms with Crippen LogP contribution in [0.2, 0.25) is 10.0 Å². The predicted octanol–water partition coefficient (Wildman–Crippen LogP) is 2.30. The highest BCUT2D eigenvalue weighted by atomic mass is 35.5. The first kappa shape index (κ1) is 13.6. The van der Waals surface area contributed by atoms with Crippen molar-refractivity contribution < 1.29 is 9.84 Å². The molecule has 5 heteroatoms. The van der Waals surface area contributed by atoms with E-state index in [1.165, 1.54) is 0 Å². The Morgan fingerprint density at radius 3 is 2.44 bits per heavy atom. The Morgan fingerprint density at radius 2 is 1.88 bits per heavy atom. The maximum absolute atomic E-state index is 8.72. The molecule has 0 saturated heterocycles. The Morgan fingerprint density at radius 1 is 1.25 bits per heavy atom. The SMILES string of the molecule is CN(CCO)CCOc1c(Cl)cccc1Cl. The highest BCUT2D eigenvalue weighted by molar-refractivity contribution is 6.37. The molecule has 0 heterocycles. The lowest BCUT2D eigenvalue weighted by Crippen LogP contribution is -2.27. The molecule has 1 aromatic carbocycles. The summed E-state index contributed by atoms with van der Waals surface area (Å²) in [7, 11) is 1.91. The summed E-state index contributed by atoms with van der Waals surface area (Å²) in [6, 6.07) is 5.25. The van der Waals surface area contributed by atoms with E-state index in [9.17, 15) is 0 Å². The molecule has 0 unspecified atom stereocenters. The number of likely N-dealkylation sites (N-methyl/N-ethyl adjacent to an activating group) is 1. The van der Waals surface area contributed by atoms with Crippen LogP contribution in [0.5, 0.6) is 5.75 Å². The fourth-order valence-electron chi connectivity index (χ4n) is 1.21. The van der Waals surface area contributed by atoms with Gasteiger partial charge < -0.3 is 14.7 Å². The third-order valence-corrected chi connectivity index (χ3v) is 2.72. The molecule has 0 aliphatic carbocycles. The highest BCUT2D eigenvalue weighted by Gasteiger charge is 2.06. The molecule has 0 aromatic heterocycles. The van der Waals surface area contributed by atoms with Crippen LogP contribution in [0.3, 0.4) is 0 Å². The average Bonchev–Trinajstić information content (AvgIpc) is 2.23. The molecular weight excluding hydrogens is 249 g/mol. The van der Waals surface area contributed by atoms with Crippen LogP contribution in [0, 0.1) is 0 Å². The standard InChI is InChI=1S/C11H15Cl2NO2/c1-14(5-7-15)6-8-16-11-9(12)3-2-4-10(11)13/h2-4,15H,5-8H2,1H3. The van der Waals surface area contributed by atoms with Crippen LogP contribution in [-0.4, -0.2) is 43.4 Å². The van der Waals surface area contributed by atoms with Crippen LogP contribution in [0.15, 0.2) is 18.2 Å². The first-order valence-electron chi connectivity index (χ1n) is 5.01. The molecule has 16 heavy (non-hydrogen) atoms. The van der Waals surface area contributed by atoms with E-state index in [0.29, 0.717) is 35.5 Å². The summed E-state index contributed by atoms with van der Waals surface area (Å²) in [6.07, 6.45) is 0. The smallest absolute Gasteiger partial charge is 0.156 e. The van der Waals surface area contributed by atoms with E-state index in [4.69, 9.17) is 33.0 Å². The molecule has 0 amide bonds. The Balaban J connectivity index is 2.43. The second-order valence-electron chi connectivity index (χ2n) is 3.43. The van der Waals surface area contributed by atoms with Crippen molar-refractivity contribution in [1.82, 2.24) is 4.90 Å². The molecule has 1 aromatic rings. The number of para-hydroxylation sites is 1. The second-order valence-corrected chi connectivity index (χ2v) is 4.24. The third-order valence-electron chi connectivity index (χ3n) is 2.12. The molecule has 0 aliphatic rings. The molecule has 0 atom stereocenters.